The predicted octanol–water partition coefficient (Wildman–Crippen LogP) is 3.07. The van der Waals surface area contributed by atoms with Crippen molar-refractivity contribution in [3.05, 3.63) is 28.8 Å². The number of halogens is 1. The fraction of sp³-hybridized carbons (Fsp3) is 0.500. The summed E-state index contributed by atoms with van der Waals surface area (Å²) in [6.07, 6.45) is -0.915. The van der Waals surface area contributed by atoms with Crippen molar-refractivity contribution < 1.29 is 14.6 Å². The van der Waals surface area contributed by atoms with Gasteiger partial charge in [0, 0.05) is 16.3 Å². The number of hydrogen-bond donors (Lipinski definition) is 3. The zero-order valence-electron chi connectivity index (χ0n) is 11.9. The first-order valence-corrected chi connectivity index (χ1v) is 6.78. The van der Waals surface area contributed by atoms with Crippen LogP contribution in [0.25, 0.3) is 0 Å². The molecular formula is C14H21ClN2O3. The molecule has 0 saturated heterocycles. The van der Waals surface area contributed by atoms with Crippen LogP contribution in [0.15, 0.2) is 18.2 Å². The van der Waals surface area contributed by atoms with E-state index in [1.807, 2.05) is 0 Å². The fourth-order valence-corrected chi connectivity index (χ4v) is 1.86. The van der Waals surface area contributed by atoms with Crippen LogP contribution in [-0.2, 0) is 4.74 Å². The topological polar surface area (TPSA) is 84.6 Å². The molecule has 1 amide bonds. The van der Waals surface area contributed by atoms with Crippen LogP contribution >= 0.6 is 11.6 Å². The summed E-state index contributed by atoms with van der Waals surface area (Å²) in [4.78, 5) is 11.7. The van der Waals surface area contributed by atoms with Gasteiger partial charge in [0.1, 0.15) is 5.60 Å². The summed E-state index contributed by atoms with van der Waals surface area (Å²) in [5, 5.41) is 13.0. The molecule has 6 heteroatoms. The molecule has 0 spiro atoms. The number of amides is 1. The molecule has 1 atom stereocenters. The Morgan fingerprint density at radius 1 is 1.50 bits per heavy atom. The van der Waals surface area contributed by atoms with Crippen molar-refractivity contribution in [3.63, 3.8) is 0 Å². The van der Waals surface area contributed by atoms with E-state index in [-0.39, 0.29) is 0 Å². The van der Waals surface area contributed by atoms with Crippen molar-refractivity contribution in [3.8, 4) is 0 Å². The van der Waals surface area contributed by atoms with Crippen LogP contribution in [0.2, 0.25) is 5.02 Å². The van der Waals surface area contributed by atoms with E-state index in [1.165, 1.54) is 0 Å². The van der Waals surface area contributed by atoms with E-state index in [0.717, 1.165) is 0 Å². The second-order valence-corrected chi connectivity index (χ2v) is 5.86. The number of carbonyl (C=O) groups is 1. The van der Waals surface area contributed by atoms with Crippen LogP contribution in [0.1, 0.15) is 38.9 Å². The van der Waals surface area contributed by atoms with Gasteiger partial charge in [-0.3, -0.25) is 5.32 Å². The second kappa shape index (κ2) is 6.92. The number of aliphatic hydroxyl groups excluding tert-OH is 1. The van der Waals surface area contributed by atoms with Gasteiger partial charge in [0.15, 0.2) is 0 Å². The Labute approximate surface area is 124 Å². The van der Waals surface area contributed by atoms with Crippen molar-refractivity contribution in [2.45, 2.75) is 38.9 Å². The van der Waals surface area contributed by atoms with Gasteiger partial charge in [-0.1, -0.05) is 11.6 Å². The second-order valence-electron chi connectivity index (χ2n) is 5.46. The van der Waals surface area contributed by atoms with Crippen molar-refractivity contribution in [2.75, 3.05) is 11.9 Å². The first kappa shape index (κ1) is 16.8. The number of benzene rings is 1. The summed E-state index contributed by atoms with van der Waals surface area (Å²) in [5.41, 5.74) is 5.88. The van der Waals surface area contributed by atoms with E-state index in [0.29, 0.717) is 29.2 Å². The number of nitrogens with one attached hydrogen (secondary N) is 1. The number of nitrogens with two attached hydrogens (primary N) is 1. The van der Waals surface area contributed by atoms with Crippen LogP contribution in [0, 0.1) is 0 Å². The van der Waals surface area contributed by atoms with Crippen LogP contribution in [0.3, 0.4) is 0 Å². The number of hydrogen-bond acceptors (Lipinski definition) is 4. The Balaban J connectivity index is 2.82. The fourth-order valence-electron chi connectivity index (χ4n) is 1.61. The summed E-state index contributed by atoms with van der Waals surface area (Å²) in [5.74, 6) is 0. The summed E-state index contributed by atoms with van der Waals surface area (Å²) < 4.78 is 5.15. The SMILES string of the molecule is CC(C)(C)OC(=O)Nc1ccc(Cl)c([C@H](O)CCN)c1. The van der Waals surface area contributed by atoms with Gasteiger partial charge in [0.05, 0.1) is 6.10 Å². The lowest BCUT2D eigenvalue weighted by atomic mass is 10.1. The molecule has 0 aromatic heterocycles. The Hall–Kier alpha value is -1.30. The monoisotopic (exact) mass is 300 g/mol. The molecule has 1 aromatic rings. The first-order valence-electron chi connectivity index (χ1n) is 6.40. The summed E-state index contributed by atoms with van der Waals surface area (Å²) in [7, 11) is 0. The molecule has 112 valence electrons. The molecular weight excluding hydrogens is 280 g/mol. The maximum absolute atomic E-state index is 11.7. The molecule has 0 aliphatic heterocycles. The molecule has 0 aliphatic carbocycles. The zero-order chi connectivity index (χ0) is 15.3. The van der Waals surface area contributed by atoms with Gasteiger partial charge in [-0.15, -0.1) is 0 Å². The third kappa shape index (κ3) is 5.36. The van der Waals surface area contributed by atoms with Crippen molar-refractivity contribution in [1.29, 1.82) is 0 Å². The molecule has 0 radical (unpaired) electrons. The minimum absolute atomic E-state index is 0.348. The highest BCUT2D eigenvalue weighted by Gasteiger charge is 2.17. The highest BCUT2D eigenvalue weighted by atomic mass is 35.5. The third-order valence-electron chi connectivity index (χ3n) is 2.44. The largest absolute Gasteiger partial charge is 0.444 e. The minimum Gasteiger partial charge on any atom is -0.444 e. The molecule has 20 heavy (non-hydrogen) atoms. The zero-order valence-corrected chi connectivity index (χ0v) is 12.7. The van der Waals surface area contributed by atoms with Gasteiger partial charge in [-0.05, 0) is 51.9 Å². The van der Waals surface area contributed by atoms with E-state index in [1.54, 1.807) is 39.0 Å². The Morgan fingerprint density at radius 3 is 2.70 bits per heavy atom. The molecule has 1 aromatic carbocycles. The van der Waals surface area contributed by atoms with Crippen molar-refractivity contribution >= 4 is 23.4 Å². The van der Waals surface area contributed by atoms with Crippen LogP contribution in [0.4, 0.5) is 10.5 Å². The lowest BCUT2D eigenvalue weighted by Gasteiger charge is -2.20. The Morgan fingerprint density at radius 2 is 2.15 bits per heavy atom. The Kier molecular flexibility index (Phi) is 5.80. The number of carbonyl (C=O) groups excluding carboxylic acids is 1. The number of aliphatic hydroxyl groups is 1. The maximum Gasteiger partial charge on any atom is 0.412 e. The van der Waals surface area contributed by atoms with E-state index in [2.05, 4.69) is 5.32 Å². The van der Waals surface area contributed by atoms with E-state index >= 15 is 0 Å². The van der Waals surface area contributed by atoms with Gasteiger partial charge >= 0.3 is 6.09 Å². The van der Waals surface area contributed by atoms with Crippen molar-refractivity contribution in [1.82, 2.24) is 0 Å². The molecule has 0 heterocycles. The highest BCUT2D eigenvalue weighted by molar-refractivity contribution is 6.31. The normalized spacial score (nSPS) is 12.9. The predicted molar refractivity (Wildman–Crippen MR) is 79.9 cm³/mol. The van der Waals surface area contributed by atoms with Crippen molar-refractivity contribution in [2.24, 2.45) is 5.73 Å². The van der Waals surface area contributed by atoms with E-state index < -0.39 is 17.8 Å². The van der Waals surface area contributed by atoms with E-state index in [4.69, 9.17) is 22.1 Å². The smallest absolute Gasteiger partial charge is 0.412 e. The standard InChI is InChI=1S/C14H21ClN2O3/c1-14(2,3)20-13(19)17-9-4-5-11(15)10(8-9)12(18)6-7-16/h4-5,8,12,18H,6-7,16H2,1-3H3,(H,17,19)/t12-/m1/s1. The van der Waals surface area contributed by atoms with Crippen LogP contribution < -0.4 is 11.1 Å². The summed E-state index contributed by atoms with van der Waals surface area (Å²) >= 11 is 6.03. The summed E-state index contributed by atoms with van der Waals surface area (Å²) in [6.45, 7) is 5.70. The van der Waals surface area contributed by atoms with Gasteiger partial charge in [0.2, 0.25) is 0 Å². The first-order chi connectivity index (χ1) is 9.23. The molecule has 0 saturated carbocycles. The molecule has 1 rings (SSSR count). The maximum atomic E-state index is 11.7. The van der Waals surface area contributed by atoms with Gasteiger partial charge < -0.3 is 15.6 Å². The third-order valence-corrected chi connectivity index (χ3v) is 2.78. The summed E-state index contributed by atoms with van der Waals surface area (Å²) in [6, 6.07) is 4.88. The number of ether oxygens (including phenoxy) is 1. The van der Waals surface area contributed by atoms with Crippen LogP contribution in [0.5, 0.6) is 0 Å². The highest BCUT2D eigenvalue weighted by Crippen LogP contribution is 2.28. The molecule has 4 N–H and O–H groups in total. The van der Waals surface area contributed by atoms with Crippen LogP contribution in [-0.4, -0.2) is 23.3 Å². The lowest BCUT2D eigenvalue weighted by molar-refractivity contribution is 0.0636. The molecule has 0 unspecified atom stereocenters. The van der Waals surface area contributed by atoms with E-state index in [9.17, 15) is 9.90 Å². The van der Waals surface area contributed by atoms with Gasteiger partial charge in [-0.2, -0.15) is 0 Å². The number of rotatable bonds is 4. The molecule has 0 fully saturated rings. The molecule has 0 bridgehead atoms. The Bertz CT molecular complexity index is 472. The number of anilines is 1. The van der Waals surface area contributed by atoms with Gasteiger partial charge in [-0.25, -0.2) is 4.79 Å². The average Bonchev–Trinajstić information content (AvgIpc) is 2.29. The quantitative estimate of drug-likeness (QED) is 0.798. The lowest BCUT2D eigenvalue weighted by Crippen LogP contribution is -2.27. The average molecular weight is 301 g/mol. The molecule has 0 aliphatic rings. The van der Waals surface area contributed by atoms with Gasteiger partial charge in [0.25, 0.3) is 0 Å². The molecule has 5 nitrogen and oxygen atoms in total. The minimum atomic E-state index is -0.757.